The third-order valence-electron chi connectivity index (χ3n) is 4.00. The Labute approximate surface area is 108 Å². The summed E-state index contributed by atoms with van der Waals surface area (Å²) in [6.45, 7) is 0. The Morgan fingerprint density at radius 2 is 2.11 bits per heavy atom. The molecule has 1 N–H and O–H groups in total. The van der Waals surface area contributed by atoms with Crippen molar-refractivity contribution < 1.29 is 4.42 Å². The molecule has 0 amide bonds. The molecule has 0 fully saturated rings. The van der Waals surface area contributed by atoms with Crippen LogP contribution in [0.2, 0.25) is 0 Å². The highest BCUT2D eigenvalue weighted by Gasteiger charge is 2.28. The van der Waals surface area contributed by atoms with Gasteiger partial charge >= 0.3 is 0 Å². The molecule has 1 heterocycles. The summed E-state index contributed by atoms with van der Waals surface area (Å²) in [5.74, 6) is 1.72. The zero-order chi connectivity index (χ0) is 12.4. The Hall–Kier alpha value is -1.54. The molecule has 0 aliphatic heterocycles. The van der Waals surface area contributed by atoms with Gasteiger partial charge in [-0.1, -0.05) is 24.3 Å². The number of aryl methyl sites for hydroxylation is 1. The largest absolute Gasteiger partial charge is 0.469 e. The van der Waals surface area contributed by atoms with E-state index in [1.54, 1.807) is 6.26 Å². The molecule has 94 valence electrons. The molecule has 2 nitrogen and oxygen atoms in total. The maximum atomic E-state index is 5.49. The quantitative estimate of drug-likeness (QED) is 0.891. The Bertz CT molecular complexity index is 504. The molecule has 1 aliphatic carbocycles. The van der Waals surface area contributed by atoms with Crippen molar-refractivity contribution in [2.75, 3.05) is 7.05 Å². The van der Waals surface area contributed by atoms with E-state index in [-0.39, 0.29) is 0 Å². The van der Waals surface area contributed by atoms with Gasteiger partial charge in [0.15, 0.2) is 0 Å². The van der Waals surface area contributed by atoms with Crippen molar-refractivity contribution in [3.05, 3.63) is 59.5 Å². The minimum absolute atomic E-state index is 0.444. The van der Waals surface area contributed by atoms with E-state index in [4.69, 9.17) is 4.42 Å². The van der Waals surface area contributed by atoms with Crippen LogP contribution in [-0.4, -0.2) is 7.05 Å². The number of furan rings is 1. The van der Waals surface area contributed by atoms with E-state index in [2.05, 4.69) is 42.7 Å². The van der Waals surface area contributed by atoms with Crippen molar-refractivity contribution in [2.45, 2.75) is 25.3 Å². The van der Waals surface area contributed by atoms with E-state index in [0.29, 0.717) is 12.0 Å². The molecule has 1 aromatic heterocycles. The lowest BCUT2D eigenvalue weighted by molar-refractivity contribution is 0.314. The molecule has 0 bridgehead atoms. The van der Waals surface area contributed by atoms with Crippen LogP contribution in [0.15, 0.2) is 47.1 Å². The highest BCUT2D eigenvalue weighted by molar-refractivity contribution is 5.33. The summed E-state index contributed by atoms with van der Waals surface area (Å²) in [6, 6.07) is 13.3. The predicted octanol–water partition coefficient (Wildman–Crippen LogP) is 3.35. The highest BCUT2D eigenvalue weighted by atomic mass is 16.3. The van der Waals surface area contributed by atoms with Gasteiger partial charge < -0.3 is 9.73 Å². The minimum Gasteiger partial charge on any atom is -0.469 e. The second-order valence-electron chi connectivity index (χ2n) is 5.05. The summed E-state index contributed by atoms with van der Waals surface area (Å²) >= 11 is 0. The summed E-state index contributed by atoms with van der Waals surface area (Å²) in [6.07, 6.45) is 5.19. The van der Waals surface area contributed by atoms with Crippen molar-refractivity contribution in [1.82, 2.24) is 5.32 Å². The van der Waals surface area contributed by atoms with Crippen LogP contribution in [0.3, 0.4) is 0 Å². The van der Waals surface area contributed by atoms with E-state index < -0.39 is 0 Å². The fourth-order valence-corrected chi connectivity index (χ4v) is 3.13. The van der Waals surface area contributed by atoms with Crippen molar-refractivity contribution in [2.24, 2.45) is 5.92 Å². The van der Waals surface area contributed by atoms with Gasteiger partial charge in [-0.15, -0.1) is 0 Å². The normalized spacial score (nSPS) is 22.7. The molecule has 2 aromatic rings. The topological polar surface area (TPSA) is 25.2 Å². The lowest BCUT2D eigenvalue weighted by Crippen LogP contribution is -2.31. The van der Waals surface area contributed by atoms with Crippen molar-refractivity contribution >= 4 is 0 Å². The molecule has 1 aliphatic rings. The number of hydrogen-bond donors (Lipinski definition) is 1. The summed E-state index contributed by atoms with van der Waals surface area (Å²) in [5.41, 5.74) is 2.95. The monoisotopic (exact) mass is 241 g/mol. The van der Waals surface area contributed by atoms with Crippen LogP contribution in [0.1, 0.15) is 29.3 Å². The molecule has 0 saturated heterocycles. The third-order valence-corrected chi connectivity index (χ3v) is 4.00. The smallest absolute Gasteiger partial charge is 0.104 e. The SMILES string of the molecule is CNC1c2ccccc2CCC1Cc1ccco1. The van der Waals surface area contributed by atoms with Gasteiger partial charge in [-0.2, -0.15) is 0 Å². The maximum absolute atomic E-state index is 5.49. The Kier molecular flexibility index (Phi) is 3.20. The zero-order valence-electron chi connectivity index (χ0n) is 10.7. The first-order valence-electron chi connectivity index (χ1n) is 6.66. The fourth-order valence-electron chi connectivity index (χ4n) is 3.13. The van der Waals surface area contributed by atoms with Crippen LogP contribution in [0.5, 0.6) is 0 Å². The summed E-state index contributed by atoms with van der Waals surface area (Å²) in [7, 11) is 2.06. The van der Waals surface area contributed by atoms with E-state index in [1.165, 1.54) is 24.0 Å². The van der Waals surface area contributed by atoms with Crippen molar-refractivity contribution in [3.8, 4) is 0 Å². The van der Waals surface area contributed by atoms with Gasteiger partial charge in [-0.3, -0.25) is 0 Å². The lowest BCUT2D eigenvalue weighted by atomic mass is 9.78. The number of hydrogen-bond acceptors (Lipinski definition) is 2. The highest BCUT2D eigenvalue weighted by Crippen LogP contribution is 2.36. The standard InChI is InChI=1S/C16H19NO/c1-17-16-13(11-14-6-4-10-18-14)9-8-12-5-2-3-7-15(12)16/h2-7,10,13,16-17H,8-9,11H2,1H3. The first-order valence-corrected chi connectivity index (χ1v) is 6.66. The Morgan fingerprint density at radius 3 is 2.89 bits per heavy atom. The average molecular weight is 241 g/mol. The molecule has 0 radical (unpaired) electrons. The minimum atomic E-state index is 0.444. The van der Waals surface area contributed by atoms with Gasteiger partial charge in [0, 0.05) is 12.5 Å². The molecule has 2 heteroatoms. The second-order valence-corrected chi connectivity index (χ2v) is 5.05. The molecular weight excluding hydrogens is 222 g/mol. The van der Waals surface area contributed by atoms with Gasteiger partial charge in [0.05, 0.1) is 6.26 Å². The van der Waals surface area contributed by atoms with Crippen LogP contribution < -0.4 is 5.32 Å². The van der Waals surface area contributed by atoms with E-state index in [1.807, 2.05) is 6.07 Å². The van der Waals surface area contributed by atoms with E-state index >= 15 is 0 Å². The van der Waals surface area contributed by atoms with Gasteiger partial charge in [-0.25, -0.2) is 0 Å². The molecule has 3 rings (SSSR count). The molecule has 1 aromatic carbocycles. The van der Waals surface area contributed by atoms with E-state index in [9.17, 15) is 0 Å². The number of rotatable bonds is 3. The number of nitrogens with one attached hydrogen (secondary N) is 1. The predicted molar refractivity (Wildman–Crippen MR) is 72.5 cm³/mol. The summed E-state index contributed by atoms with van der Waals surface area (Å²) < 4.78 is 5.49. The fraction of sp³-hybridized carbons (Fsp3) is 0.375. The second kappa shape index (κ2) is 4.99. The maximum Gasteiger partial charge on any atom is 0.104 e. The average Bonchev–Trinajstić information content (AvgIpc) is 2.91. The first kappa shape index (κ1) is 11.5. The van der Waals surface area contributed by atoms with Gasteiger partial charge in [0.25, 0.3) is 0 Å². The van der Waals surface area contributed by atoms with E-state index in [0.717, 1.165) is 12.2 Å². The molecular formula is C16H19NO. The van der Waals surface area contributed by atoms with Crippen LogP contribution >= 0.6 is 0 Å². The van der Waals surface area contributed by atoms with Crippen LogP contribution in [-0.2, 0) is 12.8 Å². The van der Waals surface area contributed by atoms with Gasteiger partial charge in [-0.05, 0) is 49.1 Å². The van der Waals surface area contributed by atoms with Crippen LogP contribution in [0.4, 0.5) is 0 Å². The Morgan fingerprint density at radius 1 is 1.22 bits per heavy atom. The van der Waals surface area contributed by atoms with Gasteiger partial charge in [0.1, 0.15) is 5.76 Å². The summed E-state index contributed by atoms with van der Waals surface area (Å²) in [4.78, 5) is 0. The molecule has 0 saturated carbocycles. The lowest BCUT2D eigenvalue weighted by Gasteiger charge is -2.33. The number of fused-ring (bicyclic) bond motifs is 1. The van der Waals surface area contributed by atoms with Crippen LogP contribution in [0, 0.1) is 5.92 Å². The summed E-state index contributed by atoms with van der Waals surface area (Å²) in [5, 5.41) is 3.48. The van der Waals surface area contributed by atoms with Crippen LogP contribution in [0.25, 0.3) is 0 Å². The molecule has 18 heavy (non-hydrogen) atoms. The molecule has 0 spiro atoms. The molecule has 2 atom stereocenters. The van der Waals surface area contributed by atoms with Crippen molar-refractivity contribution in [1.29, 1.82) is 0 Å². The third kappa shape index (κ3) is 2.08. The van der Waals surface area contributed by atoms with Gasteiger partial charge in [0.2, 0.25) is 0 Å². The zero-order valence-corrected chi connectivity index (χ0v) is 10.7. The number of benzene rings is 1. The first-order chi connectivity index (χ1) is 8.88. The molecule has 2 unspecified atom stereocenters. The Balaban J connectivity index is 1.85. The van der Waals surface area contributed by atoms with Crippen molar-refractivity contribution in [3.63, 3.8) is 0 Å².